The molecular weight excluding hydrogens is 174 g/mol. The van der Waals surface area contributed by atoms with E-state index >= 15 is 0 Å². The van der Waals surface area contributed by atoms with E-state index in [0.717, 1.165) is 0 Å². The highest BCUT2D eigenvalue weighted by atomic mass is 16.3. The second-order valence-electron chi connectivity index (χ2n) is 2.62. The van der Waals surface area contributed by atoms with Crippen molar-refractivity contribution in [3.8, 4) is 0 Å². The van der Waals surface area contributed by atoms with Gasteiger partial charge in [-0.25, -0.2) is 0 Å². The Morgan fingerprint density at radius 2 is 2.31 bits per heavy atom. The number of hydrogen-bond acceptors (Lipinski definition) is 3. The van der Waals surface area contributed by atoms with Crippen LogP contribution in [0.15, 0.2) is 10.9 Å². The average Bonchev–Trinajstić information content (AvgIpc) is 2.51. The standard InChI is InChI=1S/C7H11N3O3/c1-10(2-3-11)7(13)5-4-6(12)9-8-5/h4,11H,2-3H2,1H3,(H2,8,9,12). The van der Waals surface area contributed by atoms with Gasteiger partial charge >= 0.3 is 0 Å². The number of aliphatic hydroxyl groups is 1. The first kappa shape index (κ1) is 9.53. The molecule has 0 aliphatic heterocycles. The fourth-order valence-corrected chi connectivity index (χ4v) is 0.905. The van der Waals surface area contributed by atoms with E-state index < -0.39 is 0 Å². The van der Waals surface area contributed by atoms with Crippen LogP contribution in [0.3, 0.4) is 0 Å². The number of likely N-dealkylation sites (N-methyl/N-ethyl adjacent to an activating group) is 1. The van der Waals surface area contributed by atoms with Gasteiger partial charge in [-0.1, -0.05) is 0 Å². The molecule has 0 aliphatic rings. The van der Waals surface area contributed by atoms with Crippen molar-refractivity contribution in [2.75, 3.05) is 20.2 Å². The molecule has 0 aromatic carbocycles. The number of aliphatic hydroxyl groups excluding tert-OH is 1. The maximum Gasteiger partial charge on any atom is 0.271 e. The molecular formula is C7H11N3O3. The highest BCUT2D eigenvalue weighted by molar-refractivity contribution is 5.91. The summed E-state index contributed by atoms with van der Waals surface area (Å²) < 4.78 is 0. The molecule has 6 heteroatoms. The fourth-order valence-electron chi connectivity index (χ4n) is 0.905. The molecule has 0 atom stereocenters. The van der Waals surface area contributed by atoms with E-state index in [9.17, 15) is 9.59 Å². The molecule has 6 nitrogen and oxygen atoms in total. The van der Waals surface area contributed by atoms with Gasteiger partial charge in [-0.3, -0.25) is 19.8 Å². The Bertz CT molecular complexity index is 341. The van der Waals surface area contributed by atoms with Gasteiger partial charge in [0.15, 0.2) is 0 Å². The van der Waals surface area contributed by atoms with E-state index in [4.69, 9.17) is 5.11 Å². The van der Waals surface area contributed by atoms with Crippen LogP contribution >= 0.6 is 0 Å². The highest BCUT2D eigenvalue weighted by Crippen LogP contribution is 1.94. The van der Waals surface area contributed by atoms with Gasteiger partial charge in [-0.05, 0) is 0 Å². The van der Waals surface area contributed by atoms with Crippen LogP contribution in [0.1, 0.15) is 10.5 Å². The van der Waals surface area contributed by atoms with Gasteiger partial charge in [0.2, 0.25) is 0 Å². The molecule has 0 unspecified atom stereocenters. The lowest BCUT2D eigenvalue weighted by Crippen LogP contribution is -2.29. The van der Waals surface area contributed by atoms with Crippen molar-refractivity contribution in [2.24, 2.45) is 0 Å². The van der Waals surface area contributed by atoms with Gasteiger partial charge in [-0.2, -0.15) is 0 Å². The Balaban J connectivity index is 2.73. The highest BCUT2D eigenvalue weighted by Gasteiger charge is 2.12. The van der Waals surface area contributed by atoms with E-state index in [1.807, 2.05) is 0 Å². The third kappa shape index (κ3) is 2.19. The summed E-state index contributed by atoms with van der Waals surface area (Å²) in [5, 5.41) is 13.3. The minimum absolute atomic E-state index is 0.100. The van der Waals surface area contributed by atoms with Crippen LogP contribution in [-0.2, 0) is 0 Å². The van der Waals surface area contributed by atoms with Crippen LogP contribution in [0.4, 0.5) is 0 Å². The van der Waals surface area contributed by atoms with E-state index in [1.165, 1.54) is 11.0 Å². The average molecular weight is 185 g/mol. The third-order valence-electron chi connectivity index (χ3n) is 1.61. The smallest absolute Gasteiger partial charge is 0.271 e. The number of carbonyl (C=O) groups is 1. The van der Waals surface area contributed by atoms with Crippen molar-refractivity contribution in [3.05, 3.63) is 22.1 Å². The molecule has 0 fully saturated rings. The van der Waals surface area contributed by atoms with Gasteiger partial charge < -0.3 is 10.0 Å². The molecule has 1 heterocycles. The van der Waals surface area contributed by atoms with Crippen molar-refractivity contribution in [1.29, 1.82) is 0 Å². The van der Waals surface area contributed by atoms with Crippen molar-refractivity contribution in [3.63, 3.8) is 0 Å². The molecule has 1 aromatic rings. The summed E-state index contributed by atoms with van der Waals surface area (Å²) in [6.07, 6.45) is 0. The van der Waals surface area contributed by atoms with E-state index in [1.54, 1.807) is 7.05 Å². The van der Waals surface area contributed by atoms with Crippen LogP contribution in [0, 0.1) is 0 Å². The first-order valence-corrected chi connectivity index (χ1v) is 3.79. The number of hydrogen-bond donors (Lipinski definition) is 3. The third-order valence-corrected chi connectivity index (χ3v) is 1.61. The number of amides is 1. The summed E-state index contributed by atoms with van der Waals surface area (Å²) in [7, 11) is 1.55. The number of rotatable bonds is 3. The van der Waals surface area contributed by atoms with Crippen LogP contribution in [0.25, 0.3) is 0 Å². The summed E-state index contributed by atoms with van der Waals surface area (Å²) in [5.41, 5.74) is -0.151. The second-order valence-corrected chi connectivity index (χ2v) is 2.62. The number of aromatic amines is 2. The second kappa shape index (κ2) is 3.90. The van der Waals surface area contributed by atoms with Crippen LogP contribution < -0.4 is 5.56 Å². The molecule has 0 bridgehead atoms. The number of aromatic nitrogens is 2. The van der Waals surface area contributed by atoms with Crippen molar-refractivity contribution < 1.29 is 9.90 Å². The van der Waals surface area contributed by atoms with Gasteiger partial charge in [0, 0.05) is 19.7 Å². The first-order chi connectivity index (χ1) is 6.15. The quantitative estimate of drug-likeness (QED) is 0.550. The predicted octanol–water partition coefficient (Wildman–Crippen LogP) is -1.23. The molecule has 1 amide bonds. The van der Waals surface area contributed by atoms with E-state index in [2.05, 4.69) is 10.2 Å². The Morgan fingerprint density at radius 3 is 2.77 bits per heavy atom. The number of nitrogens with one attached hydrogen (secondary N) is 2. The topological polar surface area (TPSA) is 89.2 Å². The predicted molar refractivity (Wildman–Crippen MR) is 45.5 cm³/mol. The van der Waals surface area contributed by atoms with Gasteiger partial charge in [0.25, 0.3) is 11.5 Å². The summed E-state index contributed by atoms with van der Waals surface area (Å²) >= 11 is 0. The minimum Gasteiger partial charge on any atom is -0.395 e. The number of carbonyl (C=O) groups excluding carboxylic acids is 1. The molecule has 72 valence electrons. The minimum atomic E-state index is -0.347. The van der Waals surface area contributed by atoms with E-state index in [0.29, 0.717) is 0 Å². The molecule has 0 spiro atoms. The molecule has 0 aliphatic carbocycles. The van der Waals surface area contributed by atoms with Crippen molar-refractivity contribution in [1.82, 2.24) is 15.1 Å². The zero-order valence-corrected chi connectivity index (χ0v) is 7.20. The molecule has 3 N–H and O–H groups in total. The molecule has 0 saturated carbocycles. The zero-order chi connectivity index (χ0) is 9.84. The van der Waals surface area contributed by atoms with Crippen LogP contribution in [0.5, 0.6) is 0 Å². The van der Waals surface area contributed by atoms with Gasteiger partial charge in [0.1, 0.15) is 5.69 Å². The Labute approximate surface area is 74.2 Å². The Hall–Kier alpha value is -1.56. The monoisotopic (exact) mass is 185 g/mol. The largest absolute Gasteiger partial charge is 0.395 e. The maximum atomic E-state index is 11.4. The lowest BCUT2D eigenvalue weighted by atomic mass is 10.4. The van der Waals surface area contributed by atoms with Gasteiger partial charge in [-0.15, -0.1) is 0 Å². The molecule has 0 radical (unpaired) electrons. The van der Waals surface area contributed by atoms with Crippen LogP contribution in [0.2, 0.25) is 0 Å². The first-order valence-electron chi connectivity index (χ1n) is 3.79. The fraction of sp³-hybridized carbons (Fsp3) is 0.429. The molecule has 13 heavy (non-hydrogen) atoms. The molecule has 1 aromatic heterocycles. The van der Waals surface area contributed by atoms with Crippen molar-refractivity contribution in [2.45, 2.75) is 0 Å². The lowest BCUT2D eigenvalue weighted by Gasteiger charge is -2.13. The summed E-state index contributed by atoms with van der Waals surface area (Å²) in [4.78, 5) is 23.4. The SMILES string of the molecule is CN(CCO)C(=O)c1cc(=O)[nH][nH]1. The zero-order valence-electron chi connectivity index (χ0n) is 7.20. The molecule has 0 saturated heterocycles. The van der Waals surface area contributed by atoms with Crippen molar-refractivity contribution >= 4 is 5.91 Å². The normalized spacial score (nSPS) is 10.0. The van der Waals surface area contributed by atoms with E-state index in [-0.39, 0.29) is 30.3 Å². The van der Waals surface area contributed by atoms with Gasteiger partial charge in [0.05, 0.1) is 6.61 Å². The summed E-state index contributed by atoms with van der Waals surface area (Å²) in [5.74, 6) is -0.326. The number of nitrogens with zero attached hydrogens (tertiary/aromatic N) is 1. The Kier molecular flexibility index (Phi) is 2.86. The summed E-state index contributed by atoms with van der Waals surface area (Å²) in [6.45, 7) is 0.142. The molecule has 1 rings (SSSR count). The number of H-pyrrole nitrogens is 2. The van der Waals surface area contributed by atoms with Crippen LogP contribution in [-0.4, -0.2) is 46.3 Å². The summed E-state index contributed by atoms with van der Waals surface area (Å²) in [6, 6.07) is 1.18. The maximum absolute atomic E-state index is 11.4. The lowest BCUT2D eigenvalue weighted by molar-refractivity contribution is 0.0761. The Morgan fingerprint density at radius 1 is 1.62 bits per heavy atom.